The SMILES string of the molecule is CC(C)(C)C#Cc1cnc2c(c1)[C@]1(COC(N)=N1)c1cc(-c3ccnnc3)ccc1O2. The van der Waals surface area contributed by atoms with Crippen LogP contribution >= 0.6 is 0 Å². The predicted molar refractivity (Wildman–Crippen MR) is 116 cm³/mol. The lowest BCUT2D eigenvalue weighted by molar-refractivity contribution is 0.262. The number of amidine groups is 1. The van der Waals surface area contributed by atoms with E-state index in [1.807, 2.05) is 30.3 Å². The van der Waals surface area contributed by atoms with E-state index in [4.69, 9.17) is 20.2 Å². The maximum Gasteiger partial charge on any atom is 0.283 e. The van der Waals surface area contributed by atoms with Gasteiger partial charge in [-0.3, -0.25) is 0 Å². The lowest BCUT2D eigenvalue weighted by Gasteiger charge is -2.33. The Kier molecular flexibility index (Phi) is 4.19. The zero-order valence-electron chi connectivity index (χ0n) is 17.5. The van der Waals surface area contributed by atoms with Crippen LogP contribution in [0.5, 0.6) is 11.6 Å². The van der Waals surface area contributed by atoms with Gasteiger partial charge in [0.15, 0.2) is 5.54 Å². The minimum Gasteiger partial charge on any atom is -0.462 e. The molecule has 31 heavy (non-hydrogen) atoms. The van der Waals surface area contributed by atoms with Gasteiger partial charge < -0.3 is 15.2 Å². The monoisotopic (exact) mass is 411 g/mol. The van der Waals surface area contributed by atoms with Gasteiger partial charge in [0.05, 0.1) is 18.0 Å². The quantitative estimate of drug-likeness (QED) is 0.615. The summed E-state index contributed by atoms with van der Waals surface area (Å²) in [6.45, 7) is 6.46. The van der Waals surface area contributed by atoms with Crippen molar-refractivity contribution < 1.29 is 9.47 Å². The zero-order chi connectivity index (χ0) is 21.6. The minimum absolute atomic E-state index is 0.122. The molecule has 154 valence electrons. The molecule has 0 saturated heterocycles. The Labute approximate surface area is 180 Å². The van der Waals surface area contributed by atoms with Crippen LogP contribution in [0.3, 0.4) is 0 Å². The smallest absolute Gasteiger partial charge is 0.283 e. The second-order valence-electron chi connectivity index (χ2n) is 8.62. The van der Waals surface area contributed by atoms with Crippen LogP contribution < -0.4 is 10.5 Å². The third kappa shape index (κ3) is 3.36. The molecule has 5 rings (SSSR count). The molecule has 2 aliphatic heterocycles. The Morgan fingerprint density at radius 1 is 1.03 bits per heavy atom. The second kappa shape index (κ2) is 6.81. The Morgan fingerprint density at radius 2 is 1.90 bits per heavy atom. The van der Waals surface area contributed by atoms with E-state index in [0.29, 0.717) is 11.6 Å². The summed E-state index contributed by atoms with van der Waals surface area (Å²) in [4.78, 5) is 9.26. The normalized spacial score (nSPS) is 18.7. The molecule has 0 bridgehead atoms. The maximum absolute atomic E-state index is 6.14. The van der Waals surface area contributed by atoms with E-state index >= 15 is 0 Å². The van der Waals surface area contributed by atoms with E-state index in [2.05, 4.69) is 47.8 Å². The van der Waals surface area contributed by atoms with E-state index in [0.717, 1.165) is 27.8 Å². The van der Waals surface area contributed by atoms with Crippen LogP contribution in [0.4, 0.5) is 0 Å². The van der Waals surface area contributed by atoms with Crippen LogP contribution in [-0.2, 0) is 10.3 Å². The molecule has 0 amide bonds. The van der Waals surface area contributed by atoms with Crippen LogP contribution in [0.2, 0.25) is 0 Å². The third-order valence-corrected chi connectivity index (χ3v) is 5.16. The number of aromatic nitrogens is 3. The molecule has 4 heterocycles. The van der Waals surface area contributed by atoms with Crippen molar-refractivity contribution in [3.05, 3.63) is 65.6 Å². The maximum atomic E-state index is 6.14. The number of hydrogen-bond acceptors (Lipinski definition) is 7. The van der Waals surface area contributed by atoms with Gasteiger partial charge in [0.2, 0.25) is 5.88 Å². The van der Waals surface area contributed by atoms with Gasteiger partial charge in [0.25, 0.3) is 6.02 Å². The highest BCUT2D eigenvalue weighted by molar-refractivity contribution is 5.77. The van der Waals surface area contributed by atoms with Crippen LogP contribution in [0.25, 0.3) is 11.1 Å². The number of aliphatic imine (C=N–C) groups is 1. The first-order valence-electron chi connectivity index (χ1n) is 9.95. The molecule has 2 N–H and O–H groups in total. The van der Waals surface area contributed by atoms with Crippen LogP contribution in [-0.4, -0.2) is 27.8 Å². The molecule has 7 heteroatoms. The summed E-state index contributed by atoms with van der Waals surface area (Å²) in [6.07, 6.45) is 5.10. The molecule has 7 nitrogen and oxygen atoms in total. The average Bonchev–Trinajstić information content (AvgIpc) is 3.15. The van der Waals surface area contributed by atoms with Crippen molar-refractivity contribution in [2.24, 2.45) is 16.1 Å². The molecule has 1 atom stereocenters. The van der Waals surface area contributed by atoms with Gasteiger partial charge in [-0.25, -0.2) is 9.98 Å². The van der Waals surface area contributed by atoms with Crippen molar-refractivity contribution in [1.29, 1.82) is 0 Å². The van der Waals surface area contributed by atoms with Gasteiger partial charge in [-0.05, 0) is 50.6 Å². The van der Waals surface area contributed by atoms with Crippen molar-refractivity contribution in [3.8, 4) is 34.6 Å². The molecule has 0 radical (unpaired) electrons. The first-order chi connectivity index (χ1) is 14.8. The van der Waals surface area contributed by atoms with E-state index in [9.17, 15) is 0 Å². The minimum atomic E-state index is -0.851. The lowest BCUT2D eigenvalue weighted by Crippen LogP contribution is -2.31. The summed E-state index contributed by atoms with van der Waals surface area (Å²) in [6, 6.07) is 9.93. The van der Waals surface area contributed by atoms with Crippen molar-refractivity contribution in [2.45, 2.75) is 26.3 Å². The van der Waals surface area contributed by atoms with Gasteiger partial charge in [-0.1, -0.05) is 17.9 Å². The summed E-state index contributed by atoms with van der Waals surface area (Å²) in [5.41, 5.74) is 9.35. The molecule has 2 aromatic heterocycles. The average molecular weight is 411 g/mol. The number of fused-ring (bicyclic) bond motifs is 4. The lowest BCUT2D eigenvalue weighted by atomic mass is 9.81. The highest BCUT2D eigenvalue weighted by atomic mass is 16.5. The van der Waals surface area contributed by atoms with Crippen molar-refractivity contribution in [3.63, 3.8) is 0 Å². The van der Waals surface area contributed by atoms with Gasteiger partial charge >= 0.3 is 0 Å². The highest BCUT2D eigenvalue weighted by Gasteiger charge is 2.47. The Morgan fingerprint density at radius 3 is 2.61 bits per heavy atom. The fourth-order valence-electron chi connectivity index (χ4n) is 3.70. The first kappa shape index (κ1) is 19.1. The fourth-order valence-corrected chi connectivity index (χ4v) is 3.70. The van der Waals surface area contributed by atoms with E-state index < -0.39 is 5.54 Å². The van der Waals surface area contributed by atoms with Crippen molar-refractivity contribution >= 4 is 6.02 Å². The number of nitrogens with zero attached hydrogens (tertiary/aromatic N) is 4. The molecule has 1 aromatic carbocycles. The largest absolute Gasteiger partial charge is 0.462 e. The number of pyridine rings is 1. The fraction of sp³-hybridized carbons (Fsp3) is 0.250. The summed E-state index contributed by atoms with van der Waals surface area (Å²) in [5, 5.41) is 7.84. The second-order valence-corrected chi connectivity index (χ2v) is 8.62. The Bertz CT molecular complexity index is 1270. The number of benzene rings is 1. The van der Waals surface area contributed by atoms with E-state index in [-0.39, 0.29) is 18.0 Å². The number of ether oxygens (including phenoxy) is 2. The summed E-state index contributed by atoms with van der Waals surface area (Å²) >= 11 is 0. The Hall–Kier alpha value is -3.92. The van der Waals surface area contributed by atoms with Gasteiger partial charge in [-0.15, -0.1) is 0 Å². The zero-order valence-corrected chi connectivity index (χ0v) is 17.5. The van der Waals surface area contributed by atoms with Crippen LogP contribution in [0, 0.1) is 17.3 Å². The summed E-state index contributed by atoms with van der Waals surface area (Å²) in [7, 11) is 0. The topological polar surface area (TPSA) is 95.5 Å². The highest BCUT2D eigenvalue weighted by Crippen LogP contribution is 2.51. The molecule has 1 spiro atoms. The molecular formula is C24H21N5O2. The molecule has 3 aromatic rings. The van der Waals surface area contributed by atoms with E-state index in [1.54, 1.807) is 18.6 Å². The van der Waals surface area contributed by atoms with Crippen LogP contribution in [0.15, 0.2) is 53.9 Å². The van der Waals surface area contributed by atoms with Gasteiger partial charge in [-0.2, -0.15) is 10.2 Å². The van der Waals surface area contributed by atoms with Crippen LogP contribution in [0.1, 0.15) is 37.5 Å². The van der Waals surface area contributed by atoms with Crippen molar-refractivity contribution in [2.75, 3.05) is 6.61 Å². The number of nitrogens with two attached hydrogens (primary N) is 1. The van der Waals surface area contributed by atoms with E-state index in [1.165, 1.54) is 0 Å². The summed E-state index contributed by atoms with van der Waals surface area (Å²) < 4.78 is 11.8. The molecule has 0 fully saturated rings. The molecule has 0 aliphatic carbocycles. The van der Waals surface area contributed by atoms with Gasteiger partial charge in [0, 0.05) is 28.3 Å². The summed E-state index contributed by atoms with van der Waals surface area (Å²) in [5.74, 6) is 7.61. The third-order valence-electron chi connectivity index (χ3n) is 5.16. The van der Waals surface area contributed by atoms with Gasteiger partial charge in [0.1, 0.15) is 12.4 Å². The molecule has 0 unspecified atom stereocenters. The Balaban J connectivity index is 1.69. The predicted octanol–water partition coefficient (Wildman–Crippen LogP) is 3.63. The molecular weight excluding hydrogens is 390 g/mol. The molecule has 2 aliphatic rings. The number of hydrogen-bond donors (Lipinski definition) is 1. The number of rotatable bonds is 1. The van der Waals surface area contributed by atoms with Crippen molar-refractivity contribution in [1.82, 2.24) is 15.2 Å². The first-order valence-corrected chi connectivity index (χ1v) is 9.95. The molecule has 0 saturated carbocycles. The standard InChI is InChI=1S/C24H21N5O2/c1-23(2,3)8-6-15-10-19-21(26-12-15)31-20-5-4-16(17-7-9-27-28-13-17)11-18(20)24(19)14-30-22(25)29-24/h4-5,7,9-13H,14H2,1-3H3,(H2,25,29)/t24-/m0/s1.